The van der Waals surface area contributed by atoms with Crippen LogP contribution in [-0.4, -0.2) is 78.0 Å². The molecule has 60 heavy (non-hydrogen) atoms. The van der Waals surface area contributed by atoms with Crippen molar-refractivity contribution in [1.29, 1.82) is 0 Å². The van der Waals surface area contributed by atoms with Crippen LogP contribution in [0.4, 0.5) is 45.5 Å². The van der Waals surface area contributed by atoms with Crippen LogP contribution < -0.4 is 11.5 Å². The summed E-state index contributed by atoms with van der Waals surface area (Å²) in [6.07, 6.45) is 0. The van der Waals surface area contributed by atoms with E-state index in [2.05, 4.69) is 53.6 Å². The van der Waals surface area contributed by atoms with Crippen molar-refractivity contribution in [3.05, 3.63) is 72.8 Å². The second-order valence-corrected chi connectivity index (χ2v) is 18.9. The van der Waals surface area contributed by atoms with Gasteiger partial charge >= 0.3 is 10.4 Å². The summed E-state index contributed by atoms with van der Waals surface area (Å²) in [6, 6.07) is 14.2. The number of nitrogens with two attached hydrogens (primary N) is 2. The molecule has 0 saturated heterocycles. The molecular formula is C28H28N8O18S6. The summed E-state index contributed by atoms with van der Waals surface area (Å²) in [5.41, 5.74) is 11.2. The third kappa shape index (κ3) is 14.2. The summed E-state index contributed by atoms with van der Waals surface area (Å²) < 4.78 is 132. The smallest absolute Gasteiger partial charge is 0.395 e. The Bertz CT molecular complexity index is 2690. The maximum atomic E-state index is 12.6. The van der Waals surface area contributed by atoms with Gasteiger partial charge in [0.15, 0.2) is 32.0 Å². The molecule has 0 fully saturated rings. The molecule has 0 aliphatic carbocycles. The van der Waals surface area contributed by atoms with Crippen LogP contribution in [0.25, 0.3) is 0 Å². The van der Waals surface area contributed by atoms with Crippen LogP contribution in [0.2, 0.25) is 0 Å². The van der Waals surface area contributed by atoms with E-state index in [-0.39, 0.29) is 73.4 Å². The molecule has 32 heteroatoms. The first-order valence-electron chi connectivity index (χ1n) is 15.5. The SMILES string of the molecule is Nc1c(/N=N/c2ccc(S(=O)(=O)CCOSOOO)cc2)cc(/N=N/c2cc(SOOO)ccc2S(=O)(=O)O)c(N)c1/N=N/c1ccc(S(=O)(=O)CCOS(=O)(=O)O)cc1. The highest BCUT2D eigenvalue weighted by atomic mass is 32.3. The lowest BCUT2D eigenvalue weighted by Gasteiger charge is -2.10. The molecule has 8 N–H and O–H groups in total. The van der Waals surface area contributed by atoms with Crippen molar-refractivity contribution < 1.29 is 80.4 Å². The average molecular weight is 957 g/mol. The molecule has 26 nitrogen and oxygen atoms in total. The fraction of sp³-hybridized carbons (Fsp3) is 0.143. The van der Waals surface area contributed by atoms with Gasteiger partial charge < -0.3 is 11.5 Å². The zero-order valence-electron chi connectivity index (χ0n) is 29.5. The molecule has 0 atom stereocenters. The molecule has 0 radical (unpaired) electrons. The predicted molar refractivity (Wildman–Crippen MR) is 208 cm³/mol. The number of sulfone groups is 2. The highest BCUT2D eigenvalue weighted by Gasteiger charge is 2.20. The van der Waals surface area contributed by atoms with Crippen molar-refractivity contribution in [2.24, 2.45) is 30.7 Å². The molecule has 0 unspecified atom stereocenters. The third-order valence-electron chi connectivity index (χ3n) is 7.03. The molecule has 0 aromatic heterocycles. The van der Waals surface area contributed by atoms with Gasteiger partial charge in [-0.15, -0.1) is 29.1 Å². The number of benzene rings is 4. The van der Waals surface area contributed by atoms with Gasteiger partial charge in [-0.25, -0.2) is 31.5 Å². The molecule has 0 aliphatic rings. The summed E-state index contributed by atoms with van der Waals surface area (Å²) in [7, 11) is -17.7. The van der Waals surface area contributed by atoms with Crippen LogP contribution in [0.15, 0.2) is 123 Å². The highest BCUT2D eigenvalue weighted by Crippen LogP contribution is 2.46. The molecule has 4 rings (SSSR count). The van der Waals surface area contributed by atoms with E-state index in [1.54, 1.807) is 0 Å². The van der Waals surface area contributed by atoms with E-state index in [9.17, 15) is 38.2 Å². The number of nitrogens with zero attached hydrogens (tertiary/aromatic N) is 6. The molecule has 4 aromatic rings. The van der Waals surface area contributed by atoms with Gasteiger partial charge in [0, 0.05) is 4.90 Å². The minimum Gasteiger partial charge on any atom is -0.395 e. The predicted octanol–water partition coefficient (Wildman–Crippen LogP) is 6.14. The Morgan fingerprint density at radius 3 is 1.60 bits per heavy atom. The zero-order chi connectivity index (χ0) is 44.1. The quantitative estimate of drug-likeness (QED) is 0.00979. The van der Waals surface area contributed by atoms with E-state index >= 15 is 0 Å². The van der Waals surface area contributed by atoms with Gasteiger partial charge in [0.25, 0.3) is 10.1 Å². The van der Waals surface area contributed by atoms with E-state index in [0.29, 0.717) is 12.0 Å². The fourth-order valence-corrected chi connectivity index (χ4v) is 8.20. The van der Waals surface area contributed by atoms with Gasteiger partial charge in [0.2, 0.25) is 0 Å². The molecule has 4 aromatic carbocycles. The van der Waals surface area contributed by atoms with Crippen molar-refractivity contribution >= 4 is 110 Å². The topological polar surface area (TPSA) is 399 Å². The third-order valence-corrected chi connectivity index (χ3v) is 12.7. The number of rotatable bonds is 22. The Hall–Kier alpha value is -4.62. The number of hydrogen-bond acceptors (Lipinski definition) is 26. The Morgan fingerprint density at radius 1 is 0.583 bits per heavy atom. The molecule has 0 heterocycles. The Morgan fingerprint density at radius 2 is 1.08 bits per heavy atom. The van der Waals surface area contributed by atoms with E-state index in [1.807, 2.05) is 0 Å². The Balaban J connectivity index is 1.72. The van der Waals surface area contributed by atoms with Crippen molar-refractivity contribution in [3.63, 3.8) is 0 Å². The minimum absolute atomic E-state index is 0.0474. The van der Waals surface area contributed by atoms with Gasteiger partial charge in [-0.3, -0.25) is 13.3 Å². The second-order valence-electron chi connectivity index (χ2n) is 10.9. The number of hydrogen-bond donors (Lipinski definition) is 6. The van der Waals surface area contributed by atoms with Crippen LogP contribution in [0.1, 0.15) is 0 Å². The number of azo groups is 3. The molecule has 324 valence electrons. The first-order chi connectivity index (χ1) is 28.2. The van der Waals surface area contributed by atoms with Crippen LogP contribution in [0.5, 0.6) is 0 Å². The van der Waals surface area contributed by atoms with Gasteiger partial charge in [0.05, 0.1) is 69.3 Å². The van der Waals surface area contributed by atoms with Crippen molar-refractivity contribution in [2.45, 2.75) is 19.6 Å². The maximum Gasteiger partial charge on any atom is 0.397 e. The lowest BCUT2D eigenvalue weighted by Crippen LogP contribution is -2.15. The summed E-state index contributed by atoms with van der Waals surface area (Å²) in [6.45, 7) is -1.18. The number of anilines is 2. The monoisotopic (exact) mass is 956 g/mol. The highest BCUT2D eigenvalue weighted by molar-refractivity contribution is 7.94. The molecule has 0 amide bonds. The van der Waals surface area contributed by atoms with Crippen molar-refractivity contribution in [3.8, 4) is 0 Å². The van der Waals surface area contributed by atoms with E-state index < -0.39 is 68.9 Å². The van der Waals surface area contributed by atoms with Crippen LogP contribution in [0, 0.1) is 0 Å². The van der Waals surface area contributed by atoms with E-state index in [0.717, 1.165) is 24.3 Å². The fourth-order valence-electron chi connectivity index (χ4n) is 4.31. The van der Waals surface area contributed by atoms with Crippen LogP contribution >= 0.6 is 24.4 Å². The van der Waals surface area contributed by atoms with Crippen LogP contribution in [0.3, 0.4) is 0 Å². The average Bonchev–Trinajstić information content (AvgIpc) is 3.18. The molecule has 0 bridgehead atoms. The zero-order valence-corrected chi connectivity index (χ0v) is 34.4. The van der Waals surface area contributed by atoms with Gasteiger partial charge in [-0.05, 0) is 72.8 Å². The minimum atomic E-state index is -4.87. The van der Waals surface area contributed by atoms with Gasteiger partial charge in [-0.1, -0.05) is 10.1 Å². The molecular weight excluding hydrogens is 929 g/mol. The second kappa shape index (κ2) is 21.3. The lowest BCUT2D eigenvalue weighted by molar-refractivity contribution is -0.434. The first kappa shape index (κ1) is 48.1. The molecule has 0 spiro atoms. The summed E-state index contributed by atoms with van der Waals surface area (Å²) in [5.74, 6) is -1.26. The van der Waals surface area contributed by atoms with Gasteiger partial charge in [-0.2, -0.15) is 27.1 Å². The lowest BCUT2D eigenvalue weighted by atomic mass is 10.2. The molecule has 0 aliphatic heterocycles. The van der Waals surface area contributed by atoms with E-state index in [1.165, 1.54) is 48.5 Å². The Labute approximate surface area is 348 Å². The number of nitrogen functional groups attached to an aromatic ring is 2. The summed E-state index contributed by atoms with van der Waals surface area (Å²) in [4.78, 5) is -0.942. The largest absolute Gasteiger partial charge is 0.397 e. The first-order valence-corrected chi connectivity index (χ1v) is 23.0. The normalized spacial score (nSPS) is 12.9. The molecule has 0 saturated carbocycles. The van der Waals surface area contributed by atoms with Crippen molar-refractivity contribution in [2.75, 3.05) is 36.2 Å². The van der Waals surface area contributed by atoms with Gasteiger partial charge in [0.1, 0.15) is 27.6 Å². The van der Waals surface area contributed by atoms with E-state index in [4.69, 9.17) is 30.7 Å². The Kier molecular flexibility index (Phi) is 17.0. The summed E-state index contributed by atoms with van der Waals surface area (Å²) in [5, 5.41) is 47.6. The summed E-state index contributed by atoms with van der Waals surface area (Å²) >= 11 is 0.646. The standard InChI is InChI=1S/C28H28N8O18S6/c29-26-23(34-31-17-1-6-20(7-2-17)57(39,40)13-11-49-56-54-52-38)16-24(35-33-22-15-19(55-53-51-37)5-10-25(22)59(43,44)45)27(30)28(26)36-32-18-3-8-21(9-4-18)58(41,42)14-12-50-60(46,47)48/h1-10,15-16,37-38H,11-14,29-30H2,(H,43,44,45)(H,46,47,48)/b34-31+,35-33+,36-32+. The maximum absolute atomic E-state index is 12.6. The van der Waals surface area contributed by atoms with Crippen LogP contribution in [-0.2, 0) is 67.3 Å². The van der Waals surface area contributed by atoms with Crippen molar-refractivity contribution in [1.82, 2.24) is 0 Å².